The molecule has 0 aliphatic carbocycles. The van der Waals surface area contributed by atoms with Gasteiger partial charge in [0.15, 0.2) is 0 Å². The number of hydrogen-bond donors (Lipinski definition) is 1. The predicted molar refractivity (Wildman–Crippen MR) is 49.9 cm³/mol. The van der Waals surface area contributed by atoms with Gasteiger partial charge in [-0.2, -0.15) is 0 Å². The van der Waals surface area contributed by atoms with E-state index >= 15 is 0 Å². The van der Waals surface area contributed by atoms with Crippen LogP contribution >= 0.6 is 11.6 Å². The highest BCUT2D eigenvalue weighted by Crippen LogP contribution is 2.09. The summed E-state index contributed by atoms with van der Waals surface area (Å²) >= 11 is 5.35. The Labute approximate surface area is 77.0 Å². The Morgan fingerprint density at radius 1 is 1.33 bits per heavy atom. The molecule has 0 aliphatic rings. The van der Waals surface area contributed by atoms with Gasteiger partial charge in [0, 0.05) is 0 Å². The number of aliphatic hydroxyl groups excluding tert-OH is 1. The van der Waals surface area contributed by atoms with Gasteiger partial charge in [-0.15, -0.1) is 11.6 Å². The van der Waals surface area contributed by atoms with Gasteiger partial charge in [-0.1, -0.05) is 42.2 Å². The van der Waals surface area contributed by atoms with Gasteiger partial charge in [0.05, 0.1) is 5.88 Å². The van der Waals surface area contributed by atoms with Crippen LogP contribution in [0.5, 0.6) is 0 Å². The number of rotatable bonds is 1. The fourth-order valence-corrected chi connectivity index (χ4v) is 0.931. The number of aliphatic hydroxyl groups is 1. The zero-order chi connectivity index (χ0) is 8.81. The van der Waals surface area contributed by atoms with Crippen molar-refractivity contribution in [1.82, 2.24) is 0 Å². The van der Waals surface area contributed by atoms with Crippen LogP contribution < -0.4 is 0 Å². The molecule has 0 amide bonds. The molecule has 1 rings (SSSR count). The summed E-state index contributed by atoms with van der Waals surface area (Å²) in [6.45, 7) is 0. The van der Waals surface area contributed by atoms with E-state index in [1.807, 2.05) is 30.3 Å². The molecule has 1 unspecified atom stereocenters. The summed E-state index contributed by atoms with van der Waals surface area (Å²) in [6.07, 6.45) is -0.718. The van der Waals surface area contributed by atoms with E-state index in [9.17, 15) is 5.11 Å². The fraction of sp³-hybridized carbons (Fsp3) is 0.200. The van der Waals surface area contributed by atoms with Gasteiger partial charge in [-0.25, -0.2) is 0 Å². The van der Waals surface area contributed by atoms with Crippen LogP contribution in [-0.2, 0) is 0 Å². The van der Waals surface area contributed by atoms with Gasteiger partial charge < -0.3 is 5.11 Å². The Hall–Kier alpha value is -0.970. The van der Waals surface area contributed by atoms with E-state index in [1.165, 1.54) is 0 Å². The molecule has 0 spiro atoms. The Kier molecular flexibility index (Phi) is 3.66. The second-order valence-corrected chi connectivity index (χ2v) is 2.54. The number of hydrogen-bond acceptors (Lipinski definition) is 1. The van der Waals surface area contributed by atoms with Crippen LogP contribution in [0.25, 0.3) is 0 Å². The van der Waals surface area contributed by atoms with Crippen LogP contribution in [0.4, 0.5) is 0 Å². The molecule has 0 saturated carbocycles. The molecule has 1 atom stereocenters. The molecule has 0 heterocycles. The average Bonchev–Trinajstić information content (AvgIpc) is 2.15. The first kappa shape index (κ1) is 9.12. The van der Waals surface area contributed by atoms with Gasteiger partial charge in [0.1, 0.15) is 6.10 Å². The van der Waals surface area contributed by atoms with Gasteiger partial charge in [-0.05, 0) is 5.56 Å². The van der Waals surface area contributed by atoms with Crippen molar-refractivity contribution in [2.45, 2.75) is 6.10 Å². The molecule has 12 heavy (non-hydrogen) atoms. The molecule has 0 bridgehead atoms. The lowest BCUT2D eigenvalue weighted by Gasteiger charge is -2.01. The van der Waals surface area contributed by atoms with Crippen LogP contribution in [0.2, 0.25) is 0 Å². The highest BCUT2D eigenvalue weighted by molar-refractivity contribution is 6.19. The Morgan fingerprint density at radius 2 is 2.00 bits per heavy atom. The Balaban J connectivity index is 2.72. The van der Waals surface area contributed by atoms with Crippen LogP contribution in [-0.4, -0.2) is 11.0 Å². The average molecular weight is 181 g/mol. The molecule has 1 aromatic rings. The molecular formula is C10H9ClO. The largest absolute Gasteiger partial charge is 0.376 e. The first-order valence-corrected chi connectivity index (χ1v) is 4.15. The van der Waals surface area contributed by atoms with Crippen molar-refractivity contribution in [3.8, 4) is 11.8 Å². The molecule has 1 nitrogen and oxygen atoms in total. The van der Waals surface area contributed by atoms with E-state index in [1.54, 1.807) is 0 Å². The smallest absolute Gasteiger partial charge is 0.140 e. The monoisotopic (exact) mass is 180 g/mol. The van der Waals surface area contributed by atoms with Crippen LogP contribution in [0.15, 0.2) is 30.3 Å². The first-order chi connectivity index (χ1) is 5.84. The van der Waals surface area contributed by atoms with E-state index in [0.29, 0.717) is 0 Å². The maximum absolute atomic E-state index is 9.42. The topological polar surface area (TPSA) is 20.2 Å². The summed E-state index contributed by atoms with van der Waals surface area (Å²) < 4.78 is 0. The first-order valence-electron chi connectivity index (χ1n) is 3.62. The lowest BCUT2D eigenvalue weighted by molar-refractivity contribution is 0.238. The van der Waals surface area contributed by atoms with Crippen molar-refractivity contribution in [3.05, 3.63) is 35.9 Å². The third-order valence-electron chi connectivity index (χ3n) is 1.42. The summed E-state index contributed by atoms with van der Waals surface area (Å²) in [7, 11) is 0. The van der Waals surface area contributed by atoms with Gasteiger partial charge in [0.25, 0.3) is 0 Å². The summed E-state index contributed by atoms with van der Waals surface area (Å²) in [4.78, 5) is 0. The van der Waals surface area contributed by atoms with Gasteiger partial charge >= 0.3 is 0 Å². The number of benzene rings is 1. The van der Waals surface area contributed by atoms with Gasteiger partial charge in [-0.3, -0.25) is 0 Å². The highest BCUT2D eigenvalue weighted by atomic mass is 35.5. The van der Waals surface area contributed by atoms with Crippen molar-refractivity contribution < 1.29 is 5.11 Å². The van der Waals surface area contributed by atoms with Crippen LogP contribution in [0.3, 0.4) is 0 Å². The van der Waals surface area contributed by atoms with Crippen molar-refractivity contribution in [1.29, 1.82) is 0 Å². The maximum atomic E-state index is 9.42. The lowest BCUT2D eigenvalue weighted by Crippen LogP contribution is -1.92. The van der Waals surface area contributed by atoms with E-state index in [0.717, 1.165) is 5.56 Å². The third-order valence-corrected chi connectivity index (χ3v) is 1.55. The third kappa shape index (κ3) is 2.58. The van der Waals surface area contributed by atoms with Crippen molar-refractivity contribution in [3.63, 3.8) is 0 Å². The predicted octanol–water partition coefficient (Wildman–Crippen LogP) is 1.96. The minimum Gasteiger partial charge on any atom is -0.376 e. The van der Waals surface area contributed by atoms with E-state index < -0.39 is 6.10 Å². The zero-order valence-corrected chi connectivity index (χ0v) is 7.25. The molecule has 1 aromatic carbocycles. The van der Waals surface area contributed by atoms with Crippen molar-refractivity contribution in [2.24, 2.45) is 0 Å². The lowest BCUT2D eigenvalue weighted by atomic mass is 10.1. The molecule has 0 aliphatic heterocycles. The summed E-state index contributed by atoms with van der Waals surface area (Å²) in [5, 5.41) is 9.42. The maximum Gasteiger partial charge on any atom is 0.140 e. The van der Waals surface area contributed by atoms with Crippen LogP contribution in [0, 0.1) is 11.8 Å². The normalized spacial score (nSPS) is 11.5. The number of alkyl halides is 1. The second-order valence-electron chi connectivity index (χ2n) is 2.27. The minimum atomic E-state index is -0.718. The van der Waals surface area contributed by atoms with E-state index in [2.05, 4.69) is 11.8 Å². The van der Waals surface area contributed by atoms with Gasteiger partial charge in [0.2, 0.25) is 0 Å². The standard InChI is InChI=1S/C10H9ClO/c11-8-4-7-10(12)9-5-2-1-3-6-9/h1-3,5-6,10,12H,8H2. The highest BCUT2D eigenvalue weighted by Gasteiger charge is 1.99. The Morgan fingerprint density at radius 3 is 2.58 bits per heavy atom. The molecule has 0 aromatic heterocycles. The quantitative estimate of drug-likeness (QED) is 0.518. The molecule has 62 valence electrons. The second kappa shape index (κ2) is 4.82. The van der Waals surface area contributed by atoms with Crippen LogP contribution in [0.1, 0.15) is 11.7 Å². The van der Waals surface area contributed by atoms with Crippen molar-refractivity contribution >= 4 is 11.6 Å². The van der Waals surface area contributed by atoms with E-state index in [4.69, 9.17) is 11.6 Å². The Bertz CT molecular complexity index is 284. The summed E-state index contributed by atoms with van der Waals surface area (Å²) in [5.41, 5.74) is 0.801. The molecule has 0 fully saturated rings. The van der Waals surface area contributed by atoms with Crippen molar-refractivity contribution in [2.75, 3.05) is 5.88 Å². The number of halogens is 1. The molecular weight excluding hydrogens is 172 g/mol. The molecule has 2 heteroatoms. The molecule has 1 N–H and O–H groups in total. The zero-order valence-electron chi connectivity index (χ0n) is 6.50. The minimum absolute atomic E-state index is 0.254. The fourth-order valence-electron chi connectivity index (χ4n) is 0.854. The van der Waals surface area contributed by atoms with E-state index in [-0.39, 0.29) is 5.88 Å². The summed E-state index contributed by atoms with van der Waals surface area (Å²) in [5.74, 6) is 5.49. The molecule has 0 saturated heterocycles. The summed E-state index contributed by atoms with van der Waals surface area (Å²) in [6, 6.07) is 9.27. The SMILES string of the molecule is OC(C#CCCl)c1ccccc1. The molecule has 0 radical (unpaired) electrons.